The van der Waals surface area contributed by atoms with Gasteiger partial charge >= 0.3 is 0 Å². The molecule has 2 rings (SSSR count). The van der Waals surface area contributed by atoms with Gasteiger partial charge in [-0.1, -0.05) is 6.07 Å². The minimum Gasteiger partial charge on any atom is -0.496 e. The summed E-state index contributed by atoms with van der Waals surface area (Å²) < 4.78 is 5.34. The maximum Gasteiger partial charge on any atom is 0.124 e. The van der Waals surface area contributed by atoms with Gasteiger partial charge in [0.2, 0.25) is 0 Å². The number of rotatable bonds is 4. The standard InChI is InChI=1S/C13H20N2O/c1-16-13-6-4-5-12(14)11(13)7-10-15-8-2-3-9-15/h4-6H,2-3,7-10,14H2,1H3. The molecular formula is C13H20N2O. The van der Waals surface area contributed by atoms with Crippen molar-refractivity contribution in [3.05, 3.63) is 23.8 Å². The van der Waals surface area contributed by atoms with E-state index in [0.717, 1.165) is 30.0 Å². The maximum absolute atomic E-state index is 5.98. The zero-order valence-electron chi connectivity index (χ0n) is 9.91. The van der Waals surface area contributed by atoms with Gasteiger partial charge in [-0.05, 0) is 44.5 Å². The Kier molecular flexibility index (Phi) is 3.67. The second kappa shape index (κ2) is 5.21. The third-order valence-corrected chi connectivity index (χ3v) is 3.27. The summed E-state index contributed by atoms with van der Waals surface area (Å²) in [7, 11) is 1.70. The van der Waals surface area contributed by atoms with E-state index in [2.05, 4.69) is 4.90 Å². The van der Waals surface area contributed by atoms with Gasteiger partial charge in [-0.15, -0.1) is 0 Å². The highest BCUT2D eigenvalue weighted by atomic mass is 16.5. The van der Waals surface area contributed by atoms with E-state index in [4.69, 9.17) is 10.5 Å². The Morgan fingerprint density at radius 2 is 2.06 bits per heavy atom. The van der Waals surface area contributed by atoms with Crippen molar-refractivity contribution in [2.45, 2.75) is 19.3 Å². The molecule has 0 saturated carbocycles. The molecule has 0 aromatic heterocycles. The number of hydrogen-bond acceptors (Lipinski definition) is 3. The monoisotopic (exact) mass is 220 g/mol. The lowest BCUT2D eigenvalue weighted by Gasteiger charge is -2.16. The highest BCUT2D eigenvalue weighted by molar-refractivity contribution is 5.54. The average molecular weight is 220 g/mol. The molecule has 1 aromatic rings. The van der Waals surface area contributed by atoms with E-state index in [1.54, 1.807) is 7.11 Å². The van der Waals surface area contributed by atoms with E-state index in [-0.39, 0.29) is 0 Å². The first kappa shape index (κ1) is 11.3. The van der Waals surface area contributed by atoms with Crippen molar-refractivity contribution in [3.63, 3.8) is 0 Å². The highest BCUT2D eigenvalue weighted by Crippen LogP contribution is 2.25. The van der Waals surface area contributed by atoms with Gasteiger partial charge in [0.25, 0.3) is 0 Å². The lowest BCUT2D eigenvalue weighted by molar-refractivity contribution is 0.340. The van der Waals surface area contributed by atoms with Gasteiger partial charge < -0.3 is 15.4 Å². The maximum atomic E-state index is 5.98. The number of hydrogen-bond donors (Lipinski definition) is 1. The second-order valence-corrected chi connectivity index (χ2v) is 4.33. The van der Waals surface area contributed by atoms with E-state index in [1.807, 2.05) is 18.2 Å². The van der Waals surface area contributed by atoms with Crippen molar-refractivity contribution in [1.82, 2.24) is 4.90 Å². The Morgan fingerprint density at radius 3 is 2.75 bits per heavy atom. The van der Waals surface area contributed by atoms with Crippen LogP contribution >= 0.6 is 0 Å². The number of methoxy groups -OCH3 is 1. The molecule has 1 fully saturated rings. The molecule has 0 unspecified atom stereocenters. The van der Waals surface area contributed by atoms with Gasteiger partial charge in [-0.3, -0.25) is 0 Å². The minimum absolute atomic E-state index is 0.846. The summed E-state index contributed by atoms with van der Waals surface area (Å²) in [6.45, 7) is 3.55. The molecule has 88 valence electrons. The number of nitrogen functional groups attached to an aromatic ring is 1. The van der Waals surface area contributed by atoms with Gasteiger partial charge in [0, 0.05) is 17.8 Å². The molecule has 2 N–H and O–H groups in total. The fourth-order valence-electron chi connectivity index (χ4n) is 2.32. The van der Waals surface area contributed by atoms with Crippen LogP contribution in [-0.2, 0) is 6.42 Å². The average Bonchev–Trinajstić information content (AvgIpc) is 2.80. The van der Waals surface area contributed by atoms with Crippen molar-refractivity contribution in [2.75, 3.05) is 32.5 Å². The first-order valence-corrected chi connectivity index (χ1v) is 5.95. The second-order valence-electron chi connectivity index (χ2n) is 4.33. The van der Waals surface area contributed by atoms with Crippen LogP contribution in [0.5, 0.6) is 5.75 Å². The lowest BCUT2D eigenvalue weighted by atomic mass is 10.1. The van der Waals surface area contributed by atoms with Crippen LogP contribution in [0.1, 0.15) is 18.4 Å². The first-order chi connectivity index (χ1) is 7.81. The molecule has 0 bridgehead atoms. The van der Waals surface area contributed by atoms with Crippen LogP contribution in [0.25, 0.3) is 0 Å². The van der Waals surface area contributed by atoms with Gasteiger partial charge in [0.05, 0.1) is 7.11 Å². The van der Waals surface area contributed by atoms with E-state index in [1.165, 1.54) is 25.9 Å². The Bertz CT molecular complexity index is 346. The summed E-state index contributed by atoms with van der Waals surface area (Å²) in [5.41, 5.74) is 7.98. The van der Waals surface area contributed by atoms with Gasteiger partial charge in [0.15, 0.2) is 0 Å². The predicted molar refractivity (Wildman–Crippen MR) is 66.8 cm³/mol. The lowest BCUT2D eigenvalue weighted by Crippen LogP contribution is -2.22. The number of anilines is 1. The molecular weight excluding hydrogens is 200 g/mol. The summed E-state index contributed by atoms with van der Waals surface area (Å²) in [4.78, 5) is 2.49. The van der Waals surface area contributed by atoms with E-state index >= 15 is 0 Å². The van der Waals surface area contributed by atoms with Crippen molar-refractivity contribution in [2.24, 2.45) is 0 Å². The van der Waals surface area contributed by atoms with Crippen molar-refractivity contribution < 1.29 is 4.74 Å². The molecule has 1 aliphatic heterocycles. The molecule has 0 spiro atoms. The molecule has 1 aromatic carbocycles. The number of ether oxygens (including phenoxy) is 1. The number of nitrogens with zero attached hydrogens (tertiary/aromatic N) is 1. The first-order valence-electron chi connectivity index (χ1n) is 5.95. The minimum atomic E-state index is 0.846. The van der Waals surface area contributed by atoms with Crippen LogP contribution in [0.3, 0.4) is 0 Å². The summed E-state index contributed by atoms with van der Waals surface area (Å²) in [5.74, 6) is 0.916. The Balaban J connectivity index is 2.01. The van der Waals surface area contributed by atoms with Crippen molar-refractivity contribution in [3.8, 4) is 5.75 Å². The molecule has 0 aliphatic carbocycles. The SMILES string of the molecule is COc1cccc(N)c1CCN1CCCC1. The highest BCUT2D eigenvalue weighted by Gasteiger charge is 2.13. The Hall–Kier alpha value is -1.22. The Labute approximate surface area is 97.2 Å². The van der Waals surface area contributed by atoms with Crippen LogP contribution in [0.15, 0.2) is 18.2 Å². The van der Waals surface area contributed by atoms with Crippen LogP contribution < -0.4 is 10.5 Å². The zero-order chi connectivity index (χ0) is 11.4. The number of likely N-dealkylation sites (tertiary alicyclic amines) is 1. The third-order valence-electron chi connectivity index (χ3n) is 3.27. The summed E-state index contributed by atoms with van der Waals surface area (Å²) in [6.07, 6.45) is 3.65. The molecule has 0 radical (unpaired) electrons. The summed E-state index contributed by atoms with van der Waals surface area (Å²) >= 11 is 0. The van der Waals surface area contributed by atoms with Crippen LogP contribution in [0, 0.1) is 0 Å². The van der Waals surface area contributed by atoms with Gasteiger partial charge in [-0.25, -0.2) is 0 Å². The fraction of sp³-hybridized carbons (Fsp3) is 0.538. The quantitative estimate of drug-likeness (QED) is 0.788. The topological polar surface area (TPSA) is 38.5 Å². The molecule has 3 nitrogen and oxygen atoms in total. The smallest absolute Gasteiger partial charge is 0.124 e. The predicted octanol–water partition coefficient (Wildman–Crippen LogP) is 1.92. The Morgan fingerprint density at radius 1 is 1.31 bits per heavy atom. The van der Waals surface area contributed by atoms with Crippen molar-refractivity contribution in [1.29, 1.82) is 0 Å². The zero-order valence-corrected chi connectivity index (χ0v) is 9.91. The fourth-order valence-corrected chi connectivity index (χ4v) is 2.32. The number of benzene rings is 1. The molecule has 1 saturated heterocycles. The van der Waals surface area contributed by atoms with Crippen LogP contribution in [-0.4, -0.2) is 31.6 Å². The van der Waals surface area contributed by atoms with E-state index in [0.29, 0.717) is 0 Å². The van der Waals surface area contributed by atoms with Gasteiger partial charge in [-0.2, -0.15) is 0 Å². The molecule has 0 atom stereocenters. The van der Waals surface area contributed by atoms with Crippen LogP contribution in [0.4, 0.5) is 5.69 Å². The van der Waals surface area contributed by atoms with E-state index in [9.17, 15) is 0 Å². The third kappa shape index (κ3) is 2.47. The van der Waals surface area contributed by atoms with Gasteiger partial charge in [0.1, 0.15) is 5.75 Å². The normalized spacial score (nSPS) is 16.6. The molecule has 1 aliphatic rings. The summed E-state index contributed by atoms with van der Waals surface area (Å²) in [5, 5.41) is 0. The largest absolute Gasteiger partial charge is 0.496 e. The molecule has 16 heavy (non-hydrogen) atoms. The molecule has 1 heterocycles. The summed E-state index contributed by atoms with van der Waals surface area (Å²) in [6, 6.07) is 5.87. The van der Waals surface area contributed by atoms with Crippen LogP contribution in [0.2, 0.25) is 0 Å². The molecule has 0 amide bonds. The number of nitrogens with two attached hydrogens (primary N) is 1. The molecule has 3 heteroatoms. The van der Waals surface area contributed by atoms with E-state index < -0.39 is 0 Å². The van der Waals surface area contributed by atoms with Crippen molar-refractivity contribution >= 4 is 5.69 Å².